The maximum Gasteiger partial charge on any atom is 0.416 e. The summed E-state index contributed by atoms with van der Waals surface area (Å²) >= 11 is 0. The molecule has 0 aliphatic rings. The first-order valence-corrected chi connectivity index (χ1v) is 3.56. The van der Waals surface area contributed by atoms with Crippen molar-refractivity contribution in [1.82, 2.24) is 0 Å². The second kappa shape index (κ2) is 3.60. The Bertz CT molecular complexity index is 304. The molecule has 0 amide bonds. The number of carbonyl (C=O) groups excluding carboxylic acids is 1. The molecule has 0 aromatic heterocycles. The van der Waals surface area contributed by atoms with Gasteiger partial charge in [0.2, 0.25) is 6.29 Å². The Morgan fingerprint density at radius 3 is 2.38 bits per heavy atom. The number of rotatable bonds is 2. The number of halogens is 3. The predicted molar refractivity (Wildman–Crippen MR) is 40.8 cm³/mol. The first-order valence-electron chi connectivity index (χ1n) is 3.56. The Kier molecular flexibility index (Phi) is 2.70. The molecule has 0 aliphatic carbocycles. The van der Waals surface area contributed by atoms with Crippen molar-refractivity contribution in [3.8, 4) is 0 Å². The molecule has 1 aromatic rings. The van der Waals surface area contributed by atoms with Crippen LogP contribution in [0, 0.1) is 0 Å². The predicted octanol–water partition coefficient (Wildman–Crippen LogP) is 2.36. The average molecular weight is 187 g/mol. The Labute approximate surface area is 73.2 Å². The summed E-state index contributed by atoms with van der Waals surface area (Å²) in [4.78, 5) is 9.96. The Hall–Kier alpha value is -1.32. The van der Waals surface area contributed by atoms with E-state index in [2.05, 4.69) is 0 Å². The smallest absolute Gasteiger partial charge is 0.291 e. The molecule has 1 rings (SSSR count). The van der Waals surface area contributed by atoms with Crippen molar-refractivity contribution >= 4 is 6.29 Å². The lowest BCUT2D eigenvalue weighted by molar-refractivity contribution is -0.138. The third-order valence-corrected chi connectivity index (χ3v) is 1.59. The summed E-state index contributed by atoms with van der Waals surface area (Å²) in [7, 11) is 0. The molecule has 0 N–H and O–H groups in total. The quantitative estimate of drug-likeness (QED) is 0.694. The van der Waals surface area contributed by atoms with E-state index in [9.17, 15) is 18.0 Å². The van der Waals surface area contributed by atoms with Crippen molar-refractivity contribution in [2.24, 2.45) is 0 Å². The SMILES string of the molecule is O=[C]Cc1ccccc1C(F)(F)F. The van der Waals surface area contributed by atoms with Gasteiger partial charge in [0, 0.05) is 6.42 Å². The second-order valence-electron chi connectivity index (χ2n) is 2.48. The highest BCUT2D eigenvalue weighted by Gasteiger charge is 2.32. The summed E-state index contributed by atoms with van der Waals surface area (Å²) in [6.45, 7) is 0. The minimum atomic E-state index is -4.40. The zero-order chi connectivity index (χ0) is 9.90. The van der Waals surface area contributed by atoms with Crippen LogP contribution < -0.4 is 0 Å². The standard InChI is InChI=1S/C9H6F3O/c10-9(11,12)8-4-2-1-3-7(8)5-6-13/h1-4H,5H2. The van der Waals surface area contributed by atoms with Gasteiger partial charge in [0.05, 0.1) is 5.56 Å². The fourth-order valence-electron chi connectivity index (χ4n) is 1.03. The van der Waals surface area contributed by atoms with Crippen LogP contribution >= 0.6 is 0 Å². The van der Waals surface area contributed by atoms with E-state index in [0.717, 1.165) is 6.07 Å². The van der Waals surface area contributed by atoms with Crippen molar-refractivity contribution in [2.75, 3.05) is 0 Å². The third-order valence-electron chi connectivity index (χ3n) is 1.59. The lowest BCUT2D eigenvalue weighted by atomic mass is 10.1. The van der Waals surface area contributed by atoms with Crippen LogP contribution in [-0.4, -0.2) is 6.29 Å². The molecular weight excluding hydrogens is 181 g/mol. The lowest BCUT2D eigenvalue weighted by Crippen LogP contribution is -2.09. The Morgan fingerprint density at radius 1 is 1.23 bits per heavy atom. The van der Waals surface area contributed by atoms with Gasteiger partial charge in [-0.3, -0.25) is 4.79 Å². The molecule has 0 saturated heterocycles. The van der Waals surface area contributed by atoms with Crippen LogP contribution in [0.1, 0.15) is 11.1 Å². The van der Waals surface area contributed by atoms with Crippen LogP contribution in [0.3, 0.4) is 0 Å². The normalized spacial score (nSPS) is 11.3. The highest BCUT2D eigenvalue weighted by molar-refractivity contribution is 5.57. The van der Waals surface area contributed by atoms with Crippen LogP contribution in [0.15, 0.2) is 24.3 Å². The van der Waals surface area contributed by atoms with Crippen LogP contribution in [0.25, 0.3) is 0 Å². The van der Waals surface area contributed by atoms with Crippen molar-refractivity contribution in [1.29, 1.82) is 0 Å². The minimum Gasteiger partial charge on any atom is -0.291 e. The molecule has 1 radical (unpaired) electrons. The maximum absolute atomic E-state index is 12.2. The van der Waals surface area contributed by atoms with Gasteiger partial charge < -0.3 is 0 Å². The molecule has 69 valence electrons. The summed E-state index contributed by atoms with van der Waals surface area (Å²) in [5.74, 6) is 0. The molecule has 0 bridgehead atoms. The summed E-state index contributed by atoms with van der Waals surface area (Å²) in [6.07, 6.45) is -3.27. The molecule has 13 heavy (non-hydrogen) atoms. The van der Waals surface area contributed by atoms with Gasteiger partial charge in [-0.2, -0.15) is 13.2 Å². The van der Waals surface area contributed by atoms with Gasteiger partial charge in [-0.1, -0.05) is 18.2 Å². The molecule has 1 aromatic carbocycles. The average Bonchev–Trinajstić information content (AvgIpc) is 2.04. The Morgan fingerprint density at radius 2 is 1.85 bits per heavy atom. The summed E-state index contributed by atoms with van der Waals surface area (Å²) in [5.41, 5.74) is -0.802. The highest BCUT2D eigenvalue weighted by atomic mass is 19.4. The van der Waals surface area contributed by atoms with Gasteiger partial charge in [0.25, 0.3) is 0 Å². The van der Waals surface area contributed by atoms with Crippen molar-refractivity contribution in [3.63, 3.8) is 0 Å². The number of benzene rings is 1. The second-order valence-corrected chi connectivity index (χ2v) is 2.48. The van der Waals surface area contributed by atoms with Crippen molar-refractivity contribution in [2.45, 2.75) is 12.6 Å². The first-order chi connectivity index (χ1) is 6.05. The molecule has 0 spiro atoms. The first kappa shape index (κ1) is 9.77. The van der Waals surface area contributed by atoms with E-state index >= 15 is 0 Å². The molecule has 0 unspecified atom stereocenters. The van der Waals surface area contributed by atoms with Gasteiger partial charge in [-0.05, 0) is 11.6 Å². The van der Waals surface area contributed by atoms with E-state index in [1.54, 1.807) is 0 Å². The van der Waals surface area contributed by atoms with Gasteiger partial charge >= 0.3 is 6.18 Å². The molecule has 1 nitrogen and oxygen atoms in total. The molecular formula is C9H6F3O. The summed E-state index contributed by atoms with van der Waals surface area (Å²) in [6, 6.07) is 4.97. The largest absolute Gasteiger partial charge is 0.416 e. The topological polar surface area (TPSA) is 17.1 Å². The van der Waals surface area contributed by atoms with Crippen LogP contribution in [-0.2, 0) is 17.4 Å². The minimum absolute atomic E-state index is 0.0370. The number of hydrogen-bond donors (Lipinski definition) is 0. The molecule has 0 aliphatic heterocycles. The fraction of sp³-hybridized carbons (Fsp3) is 0.222. The monoisotopic (exact) mass is 187 g/mol. The Balaban J connectivity index is 3.11. The van der Waals surface area contributed by atoms with E-state index in [1.165, 1.54) is 24.5 Å². The fourth-order valence-corrected chi connectivity index (χ4v) is 1.03. The number of alkyl halides is 3. The zero-order valence-corrected chi connectivity index (χ0v) is 6.56. The van der Waals surface area contributed by atoms with Gasteiger partial charge in [-0.25, -0.2) is 0 Å². The number of hydrogen-bond acceptors (Lipinski definition) is 1. The van der Waals surface area contributed by atoms with Crippen LogP contribution in [0.5, 0.6) is 0 Å². The summed E-state index contributed by atoms with van der Waals surface area (Å²) in [5, 5.41) is 0. The van der Waals surface area contributed by atoms with Crippen molar-refractivity contribution < 1.29 is 18.0 Å². The van der Waals surface area contributed by atoms with E-state index in [-0.39, 0.29) is 12.0 Å². The van der Waals surface area contributed by atoms with E-state index in [0.29, 0.717) is 0 Å². The van der Waals surface area contributed by atoms with E-state index < -0.39 is 11.7 Å². The molecule has 0 fully saturated rings. The third kappa shape index (κ3) is 2.31. The van der Waals surface area contributed by atoms with E-state index in [4.69, 9.17) is 0 Å². The molecule has 0 atom stereocenters. The van der Waals surface area contributed by atoms with Crippen molar-refractivity contribution in [3.05, 3.63) is 35.4 Å². The van der Waals surface area contributed by atoms with Gasteiger partial charge in [-0.15, -0.1) is 0 Å². The lowest BCUT2D eigenvalue weighted by Gasteiger charge is -2.09. The summed E-state index contributed by atoms with van der Waals surface area (Å²) < 4.78 is 36.7. The van der Waals surface area contributed by atoms with E-state index in [1.807, 2.05) is 0 Å². The zero-order valence-electron chi connectivity index (χ0n) is 6.56. The molecule has 4 heteroatoms. The highest BCUT2D eigenvalue weighted by Crippen LogP contribution is 2.31. The van der Waals surface area contributed by atoms with Crippen LogP contribution in [0.2, 0.25) is 0 Å². The molecule has 0 saturated carbocycles. The molecule has 0 heterocycles. The van der Waals surface area contributed by atoms with Crippen LogP contribution in [0.4, 0.5) is 13.2 Å². The van der Waals surface area contributed by atoms with Gasteiger partial charge in [0.1, 0.15) is 0 Å². The maximum atomic E-state index is 12.2. The van der Waals surface area contributed by atoms with Gasteiger partial charge in [0.15, 0.2) is 0 Å².